The van der Waals surface area contributed by atoms with Crippen LogP contribution in [0.25, 0.3) is 0 Å². The third-order valence-corrected chi connectivity index (χ3v) is 5.53. The molecule has 1 heterocycles. The van der Waals surface area contributed by atoms with E-state index in [0.29, 0.717) is 25.2 Å². The summed E-state index contributed by atoms with van der Waals surface area (Å²) >= 11 is 3.38. The minimum absolute atomic E-state index is 0.00366. The molecule has 1 aliphatic heterocycles. The van der Waals surface area contributed by atoms with Crippen molar-refractivity contribution in [3.05, 3.63) is 64.6 Å². The lowest BCUT2D eigenvalue weighted by Gasteiger charge is -2.31. The largest absolute Gasteiger partial charge is 0.385 e. The number of rotatable bonds is 7. The smallest absolute Gasteiger partial charge is 0.253 e. The summed E-state index contributed by atoms with van der Waals surface area (Å²) < 4.78 is 0.957. The van der Waals surface area contributed by atoms with Crippen LogP contribution >= 0.6 is 15.9 Å². The van der Waals surface area contributed by atoms with Crippen molar-refractivity contribution in [3.63, 3.8) is 0 Å². The molecule has 0 unspecified atom stereocenters. The fourth-order valence-corrected chi connectivity index (χ4v) is 3.62. The lowest BCUT2D eigenvalue weighted by molar-refractivity contribution is -0.126. The molecule has 2 aromatic rings. The van der Waals surface area contributed by atoms with Crippen LogP contribution in [0.2, 0.25) is 0 Å². The van der Waals surface area contributed by atoms with Crippen LogP contribution in [-0.4, -0.2) is 42.9 Å². The first-order chi connectivity index (χ1) is 13.6. The Bertz CT molecular complexity index is 772. The van der Waals surface area contributed by atoms with Gasteiger partial charge in [-0.1, -0.05) is 34.1 Å². The first-order valence-electron chi connectivity index (χ1n) is 9.75. The van der Waals surface area contributed by atoms with Crippen LogP contribution in [0.3, 0.4) is 0 Å². The molecule has 2 aromatic carbocycles. The van der Waals surface area contributed by atoms with Gasteiger partial charge in [-0.2, -0.15) is 0 Å². The predicted octanol–water partition coefficient (Wildman–Crippen LogP) is 3.92. The minimum Gasteiger partial charge on any atom is -0.385 e. The number of likely N-dealkylation sites (tertiary alicyclic amines) is 1. The number of halogens is 1. The van der Waals surface area contributed by atoms with Gasteiger partial charge in [-0.05, 0) is 55.7 Å². The maximum atomic E-state index is 12.6. The van der Waals surface area contributed by atoms with E-state index in [0.717, 1.165) is 36.0 Å². The summed E-state index contributed by atoms with van der Waals surface area (Å²) in [7, 11) is 0. The van der Waals surface area contributed by atoms with Crippen molar-refractivity contribution in [1.29, 1.82) is 0 Å². The molecular weight excluding hydrogens is 418 g/mol. The zero-order valence-electron chi connectivity index (χ0n) is 15.9. The third-order valence-electron chi connectivity index (χ3n) is 5.00. The van der Waals surface area contributed by atoms with Crippen molar-refractivity contribution in [1.82, 2.24) is 10.2 Å². The van der Waals surface area contributed by atoms with E-state index in [4.69, 9.17) is 0 Å². The second kappa shape index (κ2) is 10.3. The molecule has 1 fully saturated rings. The number of para-hydroxylation sites is 1. The van der Waals surface area contributed by atoms with Crippen LogP contribution in [0, 0.1) is 5.92 Å². The van der Waals surface area contributed by atoms with Crippen LogP contribution in [0.15, 0.2) is 59.1 Å². The first kappa shape index (κ1) is 20.4. The average Bonchev–Trinajstić information content (AvgIpc) is 2.74. The number of nitrogens with zero attached hydrogens (tertiary/aromatic N) is 1. The number of nitrogens with one attached hydrogen (secondary N) is 2. The predicted molar refractivity (Wildman–Crippen MR) is 115 cm³/mol. The number of carbonyl (C=O) groups is 2. The number of benzene rings is 2. The van der Waals surface area contributed by atoms with Crippen LogP contribution in [-0.2, 0) is 4.79 Å². The standard InChI is InChI=1S/C22H26BrN3O2/c23-19-9-7-18(8-10-19)22(28)26-15-11-17(12-16-26)21(27)25-14-4-13-24-20-5-2-1-3-6-20/h1-3,5-10,17,24H,4,11-16H2,(H,25,27). The molecule has 0 spiro atoms. The Morgan fingerprint density at radius 1 is 0.964 bits per heavy atom. The fourth-order valence-electron chi connectivity index (χ4n) is 3.35. The van der Waals surface area contributed by atoms with Gasteiger partial charge in [0.05, 0.1) is 0 Å². The quantitative estimate of drug-likeness (QED) is 0.637. The van der Waals surface area contributed by atoms with Gasteiger partial charge in [-0.25, -0.2) is 0 Å². The second-order valence-corrected chi connectivity index (χ2v) is 7.93. The SMILES string of the molecule is O=C(NCCCNc1ccccc1)C1CCN(C(=O)c2ccc(Br)cc2)CC1. The molecule has 2 amide bonds. The van der Waals surface area contributed by atoms with Crippen LogP contribution in [0.4, 0.5) is 5.69 Å². The summed E-state index contributed by atoms with van der Waals surface area (Å²) in [6, 6.07) is 17.5. The van der Waals surface area contributed by atoms with Crippen molar-refractivity contribution in [2.24, 2.45) is 5.92 Å². The second-order valence-electron chi connectivity index (χ2n) is 7.01. The van der Waals surface area contributed by atoms with Crippen LogP contribution in [0.5, 0.6) is 0 Å². The highest BCUT2D eigenvalue weighted by Gasteiger charge is 2.27. The maximum Gasteiger partial charge on any atom is 0.253 e. The average molecular weight is 444 g/mol. The van der Waals surface area contributed by atoms with E-state index in [1.807, 2.05) is 59.5 Å². The monoisotopic (exact) mass is 443 g/mol. The normalized spacial score (nSPS) is 14.5. The van der Waals surface area contributed by atoms with Crippen LogP contribution in [0.1, 0.15) is 29.6 Å². The van der Waals surface area contributed by atoms with E-state index >= 15 is 0 Å². The van der Waals surface area contributed by atoms with E-state index in [9.17, 15) is 9.59 Å². The highest BCUT2D eigenvalue weighted by molar-refractivity contribution is 9.10. The van der Waals surface area contributed by atoms with Gasteiger partial charge in [0.2, 0.25) is 5.91 Å². The Hall–Kier alpha value is -2.34. The van der Waals surface area contributed by atoms with E-state index in [2.05, 4.69) is 26.6 Å². The van der Waals surface area contributed by atoms with Gasteiger partial charge in [0, 0.05) is 47.8 Å². The lowest BCUT2D eigenvalue weighted by atomic mass is 9.95. The summed E-state index contributed by atoms with van der Waals surface area (Å²) in [5, 5.41) is 6.37. The molecular formula is C22H26BrN3O2. The first-order valence-corrected chi connectivity index (χ1v) is 10.5. The molecule has 5 nitrogen and oxygen atoms in total. The molecule has 148 valence electrons. The Kier molecular flexibility index (Phi) is 7.48. The molecule has 0 saturated carbocycles. The minimum atomic E-state index is -0.00366. The Labute approximate surface area is 174 Å². The van der Waals surface area contributed by atoms with E-state index < -0.39 is 0 Å². The molecule has 0 aliphatic carbocycles. The van der Waals surface area contributed by atoms with Crippen molar-refractivity contribution >= 4 is 33.4 Å². The third kappa shape index (κ3) is 5.83. The summed E-state index contributed by atoms with van der Waals surface area (Å²) in [5.41, 5.74) is 1.79. The fraction of sp³-hybridized carbons (Fsp3) is 0.364. The molecule has 28 heavy (non-hydrogen) atoms. The van der Waals surface area contributed by atoms with E-state index in [1.54, 1.807) is 0 Å². The molecule has 0 aromatic heterocycles. The van der Waals surface area contributed by atoms with E-state index in [-0.39, 0.29) is 17.7 Å². The maximum absolute atomic E-state index is 12.6. The zero-order chi connectivity index (χ0) is 19.8. The summed E-state index contributed by atoms with van der Waals surface area (Å²) in [4.78, 5) is 26.8. The molecule has 1 aliphatic rings. The molecule has 6 heteroatoms. The highest BCUT2D eigenvalue weighted by Crippen LogP contribution is 2.20. The highest BCUT2D eigenvalue weighted by atomic mass is 79.9. The molecule has 3 rings (SSSR count). The summed E-state index contributed by atoms with van der Waals surface area (Å²) in [5.74, 6) is 0.143. The number of anilines is 1. The number of piperidine rings is 1. The van der Waals surface area contributed by atoms with Gasteiger partial charge in [0.25, 0.3) is 5.91 Å². The Morgan fingerprint density at radius 2 is 1.64 bits per heavy atom. The Morgan fingerprint density at radius 3 is 2.32 bits per heavy atom. The zero-order valence-corrected chi connectivity index (χ0v) is 17.5. The van der Waals surface area contributed by atoms with Crippen molar-refractivity contribution in [2.45, 2.75) is 19.3 Å². The molecule has 0 bridgehead atoms. The van der Waals surface area contributed by atoms with Gasteiger partial charge in [-0.3, -0.25) is 9.59 Å². The molecule has 0 atom stereocenters. The molecule has 2 N–H and O–H groups in total. The van der Waals surface area contributed by atoms with Gasteiger partial charge in [-0.15, -0.1) is 0 Å². The van der Waals surface area contributed by atoms with Crippen molar-refractivity contribution in [3.8, 4) is 0 Å². The number of hydrogen-bond acceptors (Lipinski definition) is 3. The van der Waals surface area contributed by atoms with Gasteiger partial charge < -0.3 is 15.5 Å². The van der Waals surface area contributed by atoms with Crippen molar-refractivity contribution < 1.29 is 9.59 Å². The number of amides is 2. The van der Waals surface area contributed by atoms with Crippen LogP contribution < -0.4 is 10.6 Å². The van der Waals surface area contributed by atoms with Gasteiger partial charge in [0.15, 0.2) is 0 Å². The van der Waals surface area contributed by atoms with E-state index in [1.165, 1.54) is 0 Å². The lowest BCUT2D eigenvalue weighted by Crippen LogP contribution is -2.43. The topological polar surface area (TPSA) is 61.4 Å². The molecule has 1 saturated heterocycles. The van der Waals surface area contributed by atoms with Gasteiger partial charge in [0.1, 0.15) is 0 Å². The summed E-state index contributed by atoms with van der Waals surface area (Å²) in [6.45, 7) is 2.74. The number of hydrogen-bond donors (Lipinski definition) is 2. The number of carbonyl (C=O) groups excluding carboxylic acids is 2. The van der Waals surface area contributed by atoms with Crippen molar-refractivity contribution in [2.75, 3.05) is 31.5 Å². The Balaban J connectivity index is 1.34. The van der Waals surface area contributed by atoms with Gasteiger partial charge >= 0.3 is 0 Å². The molecule has 0 radical (unpaired) electrons. The summed E-state index contributed by atoms with van der Waals surface area (Å²) in [6.07, 6.45) is 2.31.